The van der Waals surface area contributed by atoms with Gasteiger partial charge >= 0.3 is 0 Å². The summed E-state index contributed by atoms with van der Waals surface area (Å²) in [4.78, 5) is 8.05. The standard InChI is InChI=1S/C13H18N2OS/c17-13-10-3-1-2-4-11(10)14-12(15-13)7-9-5-6-16-8-9/h9H,1-8H2,(H,14,15,17). The maximum absolute atomic E-state index is 5.40. The normalized spacial score (nSPS) is 23.6. The zero-order valence-electron chi connectivity index (χ0n) is 10.00. The first-order chi connectivity index (χ1) is 8.33. The zero-order chi connectivity index (χ0) is 11.7. The summed E-state index contributed by atoms with van der Waals surface area (Å²) in [5, 5.41) is 0. The number of nitrogens with one attached hydrogen (secondary N) is 1. The fourth-order valence-electron chi connectivity index (χ4n) is 2.79. The summed E-state index contributed by atoms with van der Waals surface area (Å²) in [5.74, 6) is 1.68. The summed E-state index contributed by atoms with van der Waals surface area (Å²) in [6, 6.07) is 0. The van der Waals surface area contributed by atoms with Crippen molar-refractivity contribution >= 4 is 12.2 Å². The van der Waals surface area contributed by atoms with Crippen molar-refractivity contribution in [2.75, 3.05) is 13.2 Å². The van der Waals surface area contributed by atoms with Crippen molar-refractivity contribution in [3.05, 3.63) is 21.7 Å². The third-order valence-electron chi connectivity index (χ3n) is 3.76. The number of rotatable bonds is 2. The number of ether oxygens (including phenoxy) is 1. The summed E-state index contributed by atoms with van der Waals surface area (Å²) in [6.45, 7) is 1.77. The molecule has 3 nitrogen and oxygen atoms in total. The topological polar surface area (TPSA) is 37.9 Å². The van der Waals surface area contributed by atoms with Gasteiger partial charge in [0, 0.05) is 30.9 Å². The summed E-state index contributed by atoms with van der Waals surface area (Å²) in [6.07, 6.45) is 6.90. The quantitative estimate of drug-likeness (QED) is 0.820. The number of hydrogen-bond acceptors (Lipinski definition) is 3. The highest BCUT2D eigenvalue weighted by Crippen LogP contribution is 2.22. The number of H-pyrrole nitrogens is 1. The van der Waals surface area contributed by atoms with Crippen molar-refractivity contribution in [1.82, 2.24) is 9.97 Å². The lowest BCUT2D eigenvalue weighted by Gasteiger charge is -2.17. The van der Waals surface area contributed by atoms with Crippen LogP contribution in [-0.4, -0.2) is 23.2 Å². The van der Waals surface area contributed by atoms with Gasteiger partial charge in [0.2, 0.25) is 0 Å². The highest BCUT2D eigenvalue weighted by Gasteiger charge is 2.19. The molecule has 1 unspecified atom stereocenters. The van der Waals surface area contributed by atoms with Crippen molar-refractivity contribution in [1.29, 1.82) is 0 Å². The lowest BCUT2D eigenvalue weighted by Crippen LogP contribution is -2.13. The van der Waals surface area contributed by atoms with Crippen LogP contribution >= 0.6 is 12.2 Å². The van der Waals surface area contributed by atoms with E-state index in [-0.39, 0.29) is 0 Å². The second-order valence-electron chi connectivity index (χ2n) is 5.09. The Hall–Kier alpha value is -0.740. The van der Waals surface area contributed by atoms with Crippen LogP contribution < -0.4 is 0 Å². The van der Waals surface area contributed by atoms with Crippen molar-refractivity contribution in [3.63, 3.8) is 0 Å². The first-order valence-corrected chi connectivity index (χ1v) is 6.92. The van der Waals surface area contributed by atoms with Crippen LogP contribution in [0.3, 0.4) is 0 Å². The third kappa shape index (κ3) is 2.43. The molecule has 2 heterocycles. The molecule has 0 spiro atoms. The van der Waals surface area contributed by atoms with Crippen LogP contribution in [0.15, 0.2) is 0 Å². The molecule has 0 radical (unpaired) electrons. The van der Waals surface area contributed by atoms with Crippen LogP contribution in [-0.2, 0) is 24.0 Å². The highest BCUT2D eigenvalue weighted by atomic mass is 32.1. The molecule has 1 aliphatic heterocycles. The minimum absolute atomic E-state index is 0.620. The van der Waals surface area contributed by atoms with E-state index < -0.39 is 0 Å². The van der Waals surface area contributed by atoms with E-state index in [1.807, 2.05) is 0 Å². The molecule has 0 bridgehead atoms. The average molecular weight is 250 g/mol. The largest absolute Gasteiger partial charge is 0.381 e. The molecule has 1 aromatic heterocycles. The molecule has 2 aliphatic rings. The maximum Gasteiger partial charge on any atom is 0.133 e. The van der Waals surface area contributed by atoms with Gasteiger partial charge in [0.25, 0.3) is 0 Å². The Morgan fingerprint density at radius 3 is 3.06 bits per heavy atom. The number of nitrogens with zero attached hydrogens (tertiary/aromatic N) is 1. The Kier molecular flexibility index (Phi) is 3.25. The number of aromatic amines is 1. The summed E-state index contributed by atoms with van der Waals surface area (Å²) >= 11 is 5.40. The van der Waals surface area contributed by atoms with Gasteiger partial charge in [0.05, 0.1) is 0 Å². The van der Waals surface area contributed by atoms with Crippen LogP contribution in [0.2, 0.25) is 0 Å². The molecule has 1 atom stereocenters. The number of aromatic nitrogens is 2. The van der Waals surface area contributed by atoms with Gasteiger partial charge in [-0.05, 0) is 38.0 Å². The van der Waals surface area contributed by atoms with Crippen molar-refractivity contribution in [2.45, 2.75) is 38.5 Å². The van der Waals surface area contributed by atoms with Crippen LogP contribution in [0.1, 0.15) is 36.3 Å². The molecule has 3 rings (SSSR count). The van der Waals surface area contributed by atoms with Gasteiger partial charge in [0.1, 0.15) is 10.5 Å². The molecule has 0 aromatic carbocycles. The van der Waals surface area contributed by atoms with E-state index in [4.69, 9.17) is 17.0 Å². The maximum atomic E-state index is 5.40. The van der Waals surface area contributed by atoms with E-state index in [1.165, 1.54) is 24.1 Å². The van der Waals surface area contributed by atoms with Gasteiger partial charge in [-0.3, -0.25) is 0 Å². The average Bonchev–Trinajstić information content (AvgIpc) is 2.82. The Morgan fingerprint density at radius 2 is 2.24 bits per heavy atom. The summed E-state index contributed by atoms with van der Waals surface area (Å²) in [7, 11) is 0. The summed E-state index contributed by atoms with van der Waals surface area (Å²) in [5.41, 5.74) is 2.63. The Bertz CT molecular complexity index is 463. The van der Waals surface area contributed by atoms with Crippen molar-refractivity contribution < 1.29 is 4.74 Å². The molecule has 17 heavy (non-hydrogen) atoms. The lowest BCUT2D eigenvalue weighted by atomic mass is 9.97. The van der Waals surface area contributed by atoms with Gasteiger partial charge in [-0.1, -0.05) is 12.2 Å². The molecule has 1 aromatic rings. The lowest BCUT2D eigenvalue weighted by molar-refractivity contribution is 0.185. The molecular formula is C13H18N2OS. The minimum atomic E-state index is 0.620. The number of hydrogen-bond donors (Lipinski definition) is 1. The van der Waals surface area contributed by atoms with E-state index in [9.17, 15) is 0 Å². The smallest absolute Gasteiger partial charge is 0.133 e. The molecule has 4 heteroatoms. The fourth-order valence-corrected chi connectivity index (χ4v) is 3.12. The second kappa shape index (κ2) is 4.86. The molecule has 0 saturated carbocycles. The predicted octanol–water partition coefficient (Wildman–Crippen LogP) is 2.60. The molecular weight excluding hydrogens is 232 g/mol. The molecule has 1 saturated heterocycles. The van der Waals surface area contributed by atoms with E-state index >= 15 is 0 Å². The Labute approximate surface area is 107 Å². The SMILES string of the molecule is S=c1nc(CC2CCOC2)[nH]c2c1CCCC2. The first-order valence-electron chi connectivity index (χ1n) is 6.51. The van der Waals surface area contributed by atoms with Crippen LogP contribution in [0.25, 0.3) is 0 Å². The van der Waals surface area contributed by atoms with E-state index in [2.05, 4.69) is 9.97 Å². The van der Waals surface area contributed by atoms with E-state index in [0.29, 0.717) is 5.92 Å². The fraction of sp³-hybridized carbons (Fsp3) is 0.692. The molecule has 1 aliphatic carbocycles. The minimum Gasteiger partial charge on any atom is -0.381 e. The summed E-state index contributed by atoms with van der Waals surface area (Å²) < 4.78 is 6.23. The highest BCUT2D eigenvalue weighted by molar-refractivity contribution is 7.71. The van der Waals surface area contributed by atoms with E-state index in [0.717, 1.165) is 49.4 Å². The van der Waals surface area contributed by atoms with Gasteiger partial charge in [0.15, 0.2) is 0 Å². The van der Waals surface area contributed by atoms with Crippen LogP contribution in [0.5, 0.6) is 0 Å². The monoisotopic (exact) mass is 250 g/mol. The van der Waals surface area contributed by atoms with Gasteiger partial charge in [-0.15, -0.1) is 0 Å². The zero-order valence-corrected chi connectivity index (χ0v) is 10.8. The molecule has 1 N–H and O–H groups in total. The first kappa shape index (κ1) is 11.4. The molecule has 92 valence electrons. The Morgan fingerprint density at radius 1 is 1.35 bits per heavy atom. The van der Waals surface area contributed by atoms with Gasteiger partial charge in [-0.2, -0.15) is 0 Å². The van der Waals surface area contributed by atoms with E-state index in [1.54, 1.807) is 0 Å². The van der Waals surface area contributed by atoms with Crippen molar-refractivity contribution in [2.24, 2.45) is 5.92 Å². The van der Waals surface area contributed by atoms with Crippen LogP contribution in [0.4, 0.5) is 0 Å². The third-order valence-corrected chi connectivity index (χ3v) is 4.10. The van der Waals surface area contributed by atoms with Crippen LogP contribution in [0, 0.1) is 10.6 Å². The second-order valence-corrected chi connectivity index (χ2v) is 5.47. The van der Waals surface area contributed by atoms with Crippen molar-refractivity contribution in [3.8, 4) is 0 Å². The number of fused-ring (bicyclic) bond motifs is 1. The molecule has 1 fully saturated rings. The Balaban J connectivity index is 1.85. The predicted molar refractivity (Wildman–Crippen MR) is 68.7 cm³/mol. The van der Waals surface area contributed by atoms with Gasteiger partial charge in [-0.25, -0.2) is 4.98 Å². The molecule has 0 amide bonds. The van der Waals surface area contributed by atoms with Gasteiger partial charge < -0.3 is 9.72 Å². The number of aryl methyl sites for hydroxylation is 1.